The van der Waals surface area contributed by atoms with E-state index >= 15 is 0 Å². The summed E-state index contributed by atoms with van der Waals surface area (Å²) in [5.74, 6) is 0. The van der Waals surface area contributed by atoms with E-state index in [0.717, 1.165) is 16.9 Å². The van der Waals surface area contributed by atoms with Crippen LogP contribution in [0.1, 0.15) is 5.56 Å². The normalized spacial score (nSPS) is 10.9. The predicted molar refractivity (Wildman–Crippen MR) is 53.4 cm³/mol. The maximum Gasteiger partial charge on any atom is 0.0753 e. The second-order valence-corrected chi connectivity index (χ2v) is 3.08. The van der Waals surface area contributed by atoms with Crippen molar-refractivity contribution in [1.82, 2.24) is 4.98 Å². The van der Waals surface area contributed by atoms with Crippen molar-refractivity contribution in [2.45, 2.75) is 0 Å². The lowest BCUT2D eigenvalue weighted by Crippen LogP contribution is -2.06. The number of rotatable bonds is 3. The standard InChI is InChI=1S/C9H13NSi/c11-10-8-4-7-9-5-2-1-3-6-9/h1-7,10H,8H2,11H3. The van der Waals surface area contributed by atoms with E-state index in [2.05, 4.69) is 29.3 Å². The molecule has 0 amide bonds. The van der Waals surface area contributed by atoms with Gasteiger partial charge in [-0.05, 0) is 5.56 Å². The molecule has 1 N–H and O–H groups in total. The summed E-state index contributed by atoms with van der Waals surface area (Å²) in [5.41, 5.74) is 1.27. The Hall–Kier alpha value is -0.863. The highest BCUT2D eigenvalue weighted by molar-refractivity contribution is 6.04. The summed E-state index contributed by atoms with van der Waals surface area (Å²) in [5, 5.41) is 0. The maximum atomic E-state index is 3.19. The molecule has 1 aromatic carbocycles. The largest absolute Gasteiger partial charge is 0.342 e. The van der Waals surface area contributed by atoms with Gasteiger partial charge in [0.1, 0.15) is 0 Å². The minimum absolute atomic E-state index is 0.987. The third-order valence-electron chi connectivity index (χ3n) is 1.43. The summed E-state index contributed by atoms with van der Waals surface area (Å²) in [6, 6.07) is 10.3. The van der Waals surface area contributed by atoms with Crippen LogP contribution in [0.2, 0.25) is 0 Å². The van der Waals surface area contributed by atoms with Gasteiger partial charge in [0.15, 0.2) is 0 Å². The van der Waals surface area contributed by atoms with Gasteiger partial charge in [-0.25, -0.2) is 0 Å². The van der Waals surface area contributed by atoms with Crippen LogP contribution >= 0.6 is 0 Å². The van der Waals surface area contributed by atoms with Crippen molar-refractivity contribution in [3.05, 3.63) is 42.0 Å². The van der Waals surface area contributed by atoms with Crippen LogP contribution in [0.3, 0.4) is 0 Å². The summed E-state index contributed by atoms with van der Waals surface area (Å²) < 4.78 is 0. The van der Waals surface area contributed by atoms with Gasteiger partial charge in [-0.1, -0.05) is 42.5 Å². The van der Waals surface area contributed by atoms with Crippen LogP contribution in [0, 0.1) is 0 Å². The van der Waals surface area contributed by atoms with Crippen LogP contribution < -0.4 is 4.98 Å². The van der Waals surface area contributed by atoms with Crippen molar-refractivity contribution in [3.63, 3.8) is 0 Å². The lowest BCUT2D eigenvalue weighted by molar-refractivity contribution is 1.11. The highest BCUT2D eigenvalue weighted by atomic mass is 28.2. The van der Waals surface area contributed by atoms with E-state index in [1.807, 2.05) is 18.2 Å². The fraction of sp³-hybridized carbons (Fsp3) is 0.111. The first-order chi connectivity index (χ1) is 5.43. The predicted octanol–water partition coefficient (Wildman–Crippen LogP) is 0.570. The Morgan fingerprint density at radius 1 is 1.27 bits per heavy atom. The van der Waals surface area contributed by atoms with Crippen LogP contribution in [0.25, 0.3) is 6.08 Å². The van der Waals surface area contributed by atoms with Crippen LogP contribution in [-0.2, 0) is 0 Å². The highest BCUT2D eigenvalue weighted by Crippen LogP contribution is 1.99. The van der Waals surface area contributed by atoms with Crippen molar-refractivity contribution in [2.24, 2.45) is 0 Å². The lowest BCUT2D eigenvalue weighted by Gasteiger charge is -1.90. The van der Waals surface area contributed by atoms with Gasteiger partial charge in [0.25, 0.3) is 0 Å². The maximum absolute atomic E-state index is 3.19. The second-order valence-electron chi connectivity index (χ2n) is 2.37. The first kappa shape index (κ1) is 8.24. The number of hydrogen-bond acceptors (Lipinski definition) is 1. The van der Waals surface area contributed by atoms with E-state index in [0.29, 0.717) is 0 Å². The topological polar surface area (TPSA) is 12.0 Å². The first-order valence-electron chi connectivity index (χ1n) is 3.79. The van der Waals surface area contributed by atoms with Crippen molar-refractivity contribution in [3.8, 4) is 0 Å². The summed E-state index contributed by atoms with van der Waals surface area (Å²) >= 11 is 0. The smallest absolute Gasteiger partial charge is 0.0753 e. The number of nitrogens with one attached hydrogen (secondary N) is 1. The molecule has 0 spiro atoms. The molecule has 0 aliphatic rings. The lowest BCUT2D eigenvalue weighted by atomic mass is 10.2. The third kappa shape index (κ3) is 3.16. The molecule has 1 rings (SSSR count). The molecule has 0 saturated carbocycles. The van der Waals surface area contributed by atoms with Gasteiger partial charge in [-0.15, -0.1) is 0 Å². The SMILES string of the molecule is [SiH3]NCC=Cc1ccccc1. The Kier molecular flexibility index (Phi) is 3.65. The molecule has 11 heavy (non-hydrogen) atoms. The molecule has 58 valence electrons. The van der Waals surface area contributed by atoms with E-state index in [-0.39, 0.29) is 0 Å². The zero-order valence-electron chi connectivity index (χ0n) is 6.75. The van der Waals surface area contributed by atoms with Gasteiger partial charge in [0.05, 0.1) is 10.4 Å². The average molecular weight is 163 g/mol. The molecular weight excluding hydrogens is 150 g/mol. The van der Waals surface area contributed by atoms with Gasteiger partial charge in [0, 0.05) is 6.54 Å². The first-order valence-corrected chi connectivity index (χ1v) is 4.79. The fourth-order valence-corrected chi connectivity index (χ4v) is 1.11. The number of hydrogen-bond donors (Lipinski definition) is 1. The Bertz CT molecular complexity index is 218. The van der Waals surface area contributed by atoms with Gasteiger partial charge in [-0.2, -0.15) is 0 Å². The zero-order chi connectivity index (χ0) is 7.94. The van der Waals surface area contributed by atoms with Crippen LogP contribution in [0.5, 0.6) is 0 Å². The molecule has 1 nitrogen and oxygen atoms in total. The van der Waals surface area contributed by atoms with E-state index < -0.39 is 0 Å². The molecule has 0 saturated heterocycles. The van der Waals surface area contributed by atoms with Crippen molar-refractivity contribution >= 4 is 16.5 Å². The summed E-state index contributed by atoms with van der Waals surface area (Å²) in [7, 11) is 1.06. The molecule has 0 unspecified atom stereocenters. The minimum Gasteiger partial charge on any atom is -0.342 e. The third-order valence-corrected chi connectivity index (χ3v) is 1.84. The average Bonchev–Trinajstić information content (AvgIpc) is 2.07. The molecule has 1 aromatic rings. The molecule has 2 heteroatoms. The molecule has 0 atom stereocenters. The Labute approximate surface area is 70.6 Å². The summed E-state index contributed by atoms with van der Waals surface area (Å²) in [4.78, 5) is 3.19. The Balaban J connectivity index is 2.50. The van der Waals surface area contributed by atoms with Crippen molar-refractivity contribution < 1.29 is 0 Å². The van der Waals surface area contributed by atoms with E-state index in [1.165, 1.54) is 5.56 Å². The van der Waals surface area contributed by atoms with E-state index in [1.54, 1.807) is 0 Å². The van der Waals surface area contributed by atoms with E-state index in [4.69, 9.17) is 0 Å². The monoisotopic (exact) mass is 163 g/mol. The highest BCUT2D eigenvalue weighted by Gasteiger charge is 1.79. The molecule has 0 aliphatic carbocycles. The second kappa shape index (κ2) is 4.88. The molecule has 0 fully saturated rings. The zero-order valence-corrected chi connectivity index (χ0v) is 8.75. The van der Waals surface area contributed by atoms with Crippen LogP contribution in [0.15, 0.2) is 36.4 Å². The quantitative estimate of drug-likeness (QED) is 0.642. The van der Waals surface area contributed by atoms with Gasteiger partial charge in [0.2, 0.25) is 0 Å². The van der Waals surface area contributed by atoms with E-state index in [9.17, 15) is 0 Å². The molecule has 0 heterocycles. The van der Waals surface area contributed by atoms with Crippen molar-refractivity contribution in [1.29, 1.82) is 0 Å². The number of benzene rings is 1. The van der Waals surface area contributed by atoms with Crippen LogP contribution in [-0.4, -0.2) is 16.9 Å². The minimum atomic E-state index is 0.987. The molecule has 0 aromatic heterocycles. The van der Waals surface area contributed by atoms with Gasteiger partial charge in [-0.3, -0.25) is 0 Å². The van der Waals surface area contributed by atoms with Gasteiger partial charge < -0.3 is 4.98 Å². The molecule has 0 bridgehead atoms. The molecular formula is C9H13NSi. The van der Waals surface area contributed by atoms with Gasteiger partial charge >= 0.3 is 0 Å². The molecule has 0 radical (unpaired) electrons. The fourth-order valence-electron chi connectivity index (χ4n) is 0.877. The van der Waals surface area contributed by atoms with Crippen LogP contribution in [0.4, 0.5) is 0 Å². The summed E-state index contributed by atoms with van der Waals surface area (Å²) in [6.45, 7) is 0.987. The summed E-state index contributed by atoms with van der Waals surface area (Å²) in [6.07, 6.45) is 4.27. The molecule has 0 aliphatic heterocycles. The Morgan fingerprint density at radius 3 is 2.64 bits per heavy atom. The van der Waals surface area contributed by atoms with Crippen molar-refractivity contribution in [2.75, 3.05) is 6.54 Å². The Morgan fingerprint density at radius 2 is 2.00 bits per heavy atom.